The van der Waals surface area contributed by atoms with Crippen LogP contribution in [0.4, 0.5) is 0 Å². The Hall–Kier alpha value is -1.79. The van der Waals surface area contributed by atoms with Crippen LogP contribution >= 0.6 is 11.3 Å². The van der Waals surface area contributed by atoms with E-state index in [4.69, 9.17) is 0 Å². The summed E-state index contributed by atoms with van der Waals surface area (Å²) in [4.78, 5) is 16.8. The first kappa shape index (κ1) is 16.1. The predicted molar refractivity (Wildman–Crippen MR) is 91.1 cm³/mol. The quantitative estimate of drug-likeness (QED) is 0.864. The molecule has 0 radical (unpaired) electrons. The SMILES string of the molecule is Cc1ccc(CN2CCN(Cc3nnc(C)s3)[C@@H](C)C2=O)cc1. The summed E-state index contributed by atoms with van der Waals surface area (Å²) in [5.41, 5.74) is 2.43. The summed E-state index contributed by atoms with van der Waals surface area (Å²) in [7, 11) is 0. The largest absolute Gasteiger partial charge is 0.336 e. The summed E-state index contributed by atoms with van der Waals surface area (Å²) in [5.74, 6) is 0.193. The molecule has 0 N–H and O–H groups in total. The van der Waals surface area contributed by atoms with Crippen LogP contribution in [0.5, 0.6) is 0 Å². The lowest BCUT2D eigenvalue weighted by Crippen LogP contribution is -2.54. The van der Waals surface area contributed by atoms with Crippen LogP contribution in [-0.2, 0) is 17.9 Å². The molecule has 5 nitrogen and oxygen atoms in total. The first-order chi connectivity index (χ1) is 11.0. The van der Waals surface area contributed by atoms with Gasteiger partial charge in [0.1, 0.15) is 10.0 Å². The van der Waals surface area contributed by atoms with Crippen LogP contribution in [0, 0.1) is 13.8 Å². The van der Waals surface area contributed by atoms with E-state index in [1.807, 2.05) is 18.7 Å². The Kier molecular flexibility index (Phi) is 4.73. The van der Waals surface area contributed by atoms with E-state index >= 15 is 0 Å². The van der Waals surface area contributed by atoms with Crippen LogP contribution in [0.3, 0.4) is 0 Å². The Morgan fingerprint density at radius 3 is 2.52 bits per heavy atom. The first-order valence-electron chi connectivity index (χ1n) is 7.90. The van der Waals surface area contributed by atoms with E-state index in [0.29, 0.717) is 13.1 Å². The molecule has 0 saturated carbocycles. The number of piperazine rings is 1. The van der Waals surface area contributed by atoms with Gasteiger partial charge in [0.15, 0.2) is 0 Å². The Morgan fingerprint density at radius 2 is 1.87 bits per heavy atom. The van der Waals surface area contributed by atoms with Gasteiger partial charge in [-0.1, -0.05) is 29.8 Å². The molecule has 1 aromatic heterocycles. The predicted octanol–water partition coefficient (Wildman–Crippen LogP) is 2.39. The minimum atomic E-state index is -0.113. The van der Waals surface area contributed by atoms with Crippen LogP contribution in [0.15, 0.2) is 24.3 Å². The van der Waals surface area contributed by atoms with Crippen molar-refractivity contribution in [3.63, 3.8) is 0 Å². The first-order valence-corrected chi connectivity index (χ1v) is 8.72. The fourth-order valence-corrected chi connectivity index (χ4v) is 3.57. The van der Waals surface area contributed by atoms with Crippen LogP contribution in [-0.4, -0.2) is 45.0 Å². The number of carbonyl (C=O) groups excluding carboxylic acids is 1. The molecule has 0 bridgehead atoms. The number of rotatable bonds is 4. The number of aryl methyl sites for hydroxylation is 2. The summed E-state index contributed by atoms with van der Waals surface area (Å²) < 4.78 is 0. The van der Waals surface area contributed by atoms with Crippen molar-refractivity contribution in [3.8, 4) is 0 Å². The lowest BCUT2D eigenvalue weighted by Gasteiger charge is -2.38. The number of benzene rings is 1. The minimum Gasteiger partial charge on any atom is -0.336 e. The Bertz CT molecular complexity index is 682. The molecule has 0 aliphatic carbocycles. The molecule has 1 aliphatic rings. The van der Waals surface area contributed by atoms with E-state index in [2.05, 4.69) is 46.3 Å². The molecule has 1 atom stereocenters. The van der Waals surface area contributed by atoms with Crippen molar-refractivity contribution in [1.82, 2.24) is 20.0 Å². The lowest BCUT2D eigenvalue weighted by atomic mass is 10.1. The monoisotopic (exact) mass is 330 g/mol. The fraction of sp³-hybridized carbons (Fsp3) is 0.471. The normalized spacial score (nSPS) is 19.3. The summed E-state index contributed by atoms with van der Waals surface area (Å²) >= 11 is 1.60. The second-order valence-electron chi connectivity index (χ2n) is 6.11. The summed E-state index contributed by atoms with van der Waals surface area (Å²) in [6.45, 7) is 9.04. The molecular weight excluding hydrogens is 308 g/mol. The topological polar surface area (TPSA) is 49.3 Å². The highest BCUT2D eigenvalue weighted by atomic mass is 32.1. The molecule has 1 fully saturated rings. The molecule has 2 heterocycles. The van der Waals surface area contributed by atoms with Gasteiger partial charge in [-0.3, -0.25) is 9.69 Å². The number of nitrogens with zero attached hydrogens (tertiary/aromatic N) is 4. The molecule has 1 aromatic carbocycles. The van der Waals surface area contributed by atoms with E-state index < -0.39 is 0 Å². The van der Waals surface area contributed by atoms with Crippen molar-refractivity contribution in [2.45, 2.75) is 39.9 Å². The lowest BCUT2D eigenvalue weighted by molar-refractivity contribution is -0.142. The molecule has 2 aromatic rings. The third-order valence-electron chi connectivity index (χ3n) is 4.27. The Morgan fingerprint density at radius 1 is 1.13 bits per heavy atom. The van der Waals surface area contributed by atoms with Gasteiger partial charge in [-0.2, -0.15) is 0 Å². The number of carbonyl (C=O) groups is 1. The van der Waals surface area contributed by atoms with E-state index in [-0.39, 0.29) is 11.9 Å². The molecule has 1 saturated heterocycles. The Balaban J connectivity index is 1.62. The highest BCUT2D eigenvalue weighted by Gasteiger charge is 2.31. The van der Waals surface area contributed by atoms with E-state index in [0.717, 1.165) is 23.1 Å². The standard InChI is InChI=1S/C17H22N4OS/c1-12-4-6-15(7-5-12)10-21-9-8-20(13(2)17(21)22)11-16-19-18-14(3)23-16/h4-7,13H,8-11H2,1-3H3/t13-/m0/s1. The summed E-state index contributed by atoms with van der Waals surface area (Å²) in [6, 6.07) is 8.28. The third kappa shape index (κ3) is 3.76. The fourth-order valence-electron chi connectivity index (χ4n) is 2.84. The number of hydrogen-bond acceptors (Lipinski definition) is 5. The van der Waals surface area contributed by atoms with Gasteiger partial charge in [0.25, 0.3) is 0 Å². The maximum absolute atomic E-state index is 12.7. The van der Waals surface area contributed by atoms with Crippen molar-refractivity contribution >= 4 is 17.2 Å². The number of hydrogen-bond donors (Lipinski definition) is 0. The molecule has 23 heavy (non-hydrogen) atoms. The average molecular weight is 330 g/mol. The average Bonchev–Trinajstić information content (AvgIpc) is 2.94. The third-order valence-corrected chi connectivity index (χ3v) is 5.10. The van der Waals surface area contributed by atoms with Gasteiger partial charge in [0.2, 0.25) is 5.91 Å². The smallest absolute Gasteiger partial charge is 0.239 e. The summed E-state index contributed by atoms with van der Waals surface area (Å²) in [5, 5.41) is 10.2. The number of aromatic nitrogens is 2. The second-order valence-corrected chi connectivity index (χ2v) is 7.37. The van der Waals surface area contributed by atoms with Gasteiger partial charge < -0.3 is 4.90 Å². The molecule has 3 rings (SSSR count). The molecule has 6 heteroatoms. The zero-order valence-electron chi connectivity index (χ0n) is 13.8. The van der Waals surface area contributed by atoms with Crippen LogP contribution in [0.2, 0.25) is 0 Å². The van der Waals surface area contributed by atoms with E-state index in [1.54, 1.807) is 11.3 Å². The van der Waals surface area contributed by atoms with Crippen LogP contribution < -0.4 is 0 Å². The molecule has 0 unspecified atom stereocenters. The molecule has 1 aliphatic heterocycles. The van der Waals surface area contributed by atoms with Gasteiger partial charge in [0, 0.05) is 19.6 Å². The van der Waals surface area contributed by atoms with Gasteiger partial charge in [-0.25, -0.2) is 0 Å². The Labute approximate surface area is 140 Å². The number of amides is 1. The maximum atomic E-state index is 12.7. The highest BCUT2D eigenvalue weighted by Crippen LogP contribution is 2.19. The summed E-state index contributed by atoms with van der Waals surface area (Å²) in [6.07, 6.45) is 0. The second kappa shape index (κ2) is 6.76. The molecule has 122 valence electrons. The maximum Gasteiger partial charge on any atom is 0.239 e. The minimum absolute atomic E-state index is 0.113. The van der Waals surface area contributed by atoms with Gasteiger partial charge in [-0.05, 0) is 26.3 Å². The van der Waals surface area contributed by atoms with Crippen molar-refractivity contribution in [3.05, 3.63) is 45.4 Å². The van der Waals surface area contributed by atoms with Gasteiger partial charge >= 0.3 is 0 Å². The zero-order valence-corrected chi connectivity index (χ0v) is 14.6. The molecule has 1 amide bonds. The van der Waals surface area contributed by atoms with E-state index in [1.165, 1.54) is 11.1 Å². The highest BCUT2D eigenvalue weighted by molar-refractivity contribution is 7.11. The van der Waals surface area contributed by atoms with E-state index in [9.17, 15) is 4.79 Å². The molecule has 0 spiro atoms. The van der Waals surface area contributed by atoms with Crippen molar-refractivity contribution < 1.29 is 4.79 Å². The van der Waals surface area contributed by atoms with Gasteiger partial charge in [-0.15, -0.1) is 21.5 Å². The van der Waals surface area contributed by atoms with Crippen LogP contribution in [0.25, 0.3) is 0 Å². The van der Waals surface area contributed by atoms with Crippen molar-refractivity contribution in [2.75, 3.05) is 13.1 Å². The van der Waals surface area contributed by atoms with Crippen molar-refractivity contribution in [2.24, 2.45) is 0 Å². The molecular formula is C17H22N4OS. The van der Waals surface area contributed by atoms with Crippen LogP contribution in [0.1, 0.15) is 28.1 Å². The zero-order chi connectivity index (χ0) is 16.4. The van der Waals surface area contributed by atoms with Gasteiger partial charge in [0.05, 0.1) is 12.6 Å². The van der Waals surface area contributed by atoms with Crippen molar-refractivity contribution in [1.29, 1.82) is 0 Å².